The second kappa shape index (κ2) is 4.49. The second-order valence-corrected chi connectivity index (χ2v) is 3.86. The van der Waals surface area contributed by atoms with Crippen molar-refractivity contribution in [1.29, 1.82) is 0 Å². The first kappa shape index (κ1) is 10.2. The fraction of sp³-hybridized carbons (Fsp3) is 0.545. The van der Waals surface area contributed by atoms with Gasteiger partial charge in [0.2, 0.25) is 0 Å². The molecule has 2 rings (SSSR count). The molecule has 0 bridgehead atoms. The molecular weight excluding hydrogens is 192 g/mol. The smallest absolute Gasteiger partial charge is 0.250 e. The van der Waals surface area contributed by atoms with Crippen LogP contribution in [-0.4, -0.2) is 30.1 Å². The van der Waals surface area contributed by atoms with Crippen LogP contribution in [0.1, 0.15) is 18.4 Å². The van der Waals surface area contributed by atoms with Gasteiger partial charge in [-0.3, -0.25) is 14.7 Å². The first-order chi connectivity index (χ1) is 7.29. The van der Waals surface area contributed by atoms with E-state index in [1.54, 1.807) is 13.2 Å². The number of rotatable bonds is 3. The Hall–Kier alpha value is -1.29. The van der Waals surface area contributed by atoms with Crippen LogP contribution in [0.3, 0.4) is 0 Å². The Morgan fingerprint density at radius 1 is 1.40 bits per heavy atom. The highest BCUT2D eigenvalue weighted by molar-refractivity contribution is 5.25. The standard InChI is InChI=1S/C11H16N2O2/c1-15-11-9(4-5-10(14)12-11)8-13-6-2-3-7-13/h4-5H,2-3,6-8H2,1H3,(H,12,14). The van der Waals surface area contributed by atoms with Crippen molar-refractivity contribution in [1.82, 2.24) is 9.88 Å². The van der Waals surface area contributed by atoms with Gasteiger partial charge in [0.1, 0.15) is 0 Å². The minimum absolute atomic E-state index is 0.114. The van der Waals surface area contributed by atoms with Crippen LogP contribution in [0.5, 0.6) is 5.88 Å². The Morgan fingerprint density at radius 3 is 2.80 bits per heavy atom. The lowest BCUT2D eigenvalue weighted by molar-refractivity contribution is 0.317. The molecule has 1 fully saturated rings. The SMILES string of the molecule is COc1[nH]c(=O)ccc1CN1CCCC1. The van der Waals surface area contributed by atoms with E-state index >= 15 is 0 Å². The zero-order valence-corrected chi connectivity index (χ0v) is 8.95. The summed E-state index contributed by atoms with van der Waals surface area (Å²) in [6.45, 7) is 3.14. The number of pyridine rings is 1. The number of H-pyrrole nitrogens is 1. The molecule has 1 aromatic heterocycles. The van der Waals surface area contributed by atoms with Gasteiger partial charge in [-0.25, -0.2) is 0 Å². The van der Waals surface area contributed by atoms with Crippen LogP contribution in [0, 0.1) is 0 Å². The van der Waals surface area contributed by atoms with Crippen LogP contribution in [0.15, 0.2) is 16.9 Å². The summed E-state index contributed by atoms with van der Waals surface area (Å²) in [6, 6.07) is 3.39. The maximum atomic E-state index is 11.1. The first-order valence-electron chi connectivity index (χ1n) is 5.28. The molecule has 4 heteroatoms. The molecule has 1 N–H and O–H groups in total. The number of aromatic amines is 1. The average Bonchev–Trinajstić information content (AvgIpc) is 2.73. The van der Waals surface area contributed by atoms with Crippen LogP contribution in [0.25, 0.3) is 0 Å². The number of ether oxygens (including phenoxy) is 1. The minimum Gasteiger partial charge on any atom is -0.482 e. The highest BCUT2D eigenvalue weighted by atomic mass is 16.5. The molecular formula is C11H16N2O2. The van der Waals surface area contributed by atoms with Crippen LogP contribution in [-0.2, 0) is 6.54 Å². The predicted octanol–water partition coefficient (Wildman–Crippen LogP) is 0.979. The Kier molecular flexibility index (Phi) is 3.06. The second-order valence-electron chi connectivity index (χ2n) is 3.86. The molecule has 15 heavy (non-hydrogen) atoms. The van der Waals surface area contributed by atoms with E-state index in [0.29, 0.717) is 5.88 Å². The minimum atomic E-state index is -0.114. The third-order valence-electron chi connectivity index (χ3n) is 2.76. The maximum absolute atomic E-state index is 11.1. The van der Waals surface area contributed by atoms with Gasteiger partial charge in [0.25, 0.3) is 5.56 Å². The number of nitrogens with one attached hydrogen (secondary N) is 1. The van der Waals surface area contributed by atoms with Crippen molar-refractivity contribution in [3.63, 3.8) is 0 Å². The summed E-state index contributed by atoms with van der Waals surface area (Å²) < 4.78 is 5.15. The largest absolute Gasteiger partial charge is 0.482 e. The van der Waals surface area contributed by atoms with Crippen molar-refractivity contribution in [3.05, 3.63) is 28.0 Å². The Labute approximate surface area is 88.9 Å². The molecule has 0 aromatic carbocycles. The first-order valence-corrected chi connectivity index (χ1v) is 5.28. The molecule has 1 aliphatic heterocycles. The molecule has 1 saturated heterocycles. The molecule has 1 aliphatic rings. The van der Waals surface area contributed by atoms with Gasteiger partial charge < -0.3 is 4.74 Å². The summed E-state index contributed by atoms with van der Waals surface area (Å²) in [5.74, 6) is 0.592. The van der Waals surface area contributed by atoms with Gasteiger partial charge in [-0.15, -0.1) is 0 Å². The highest BCUT2D eigenvalue weighted by Crippen LogP contribution is 2.17. The van der Waals surface area contributed by atoms with Gasteiger partial charge in [-0.05, 0) is 32.0 Å². The zero-order valence-electron chi connectivity index (χ0n) is 8.95. The highest BCUT2D eigenvalue weighted by Gasteiger charge is 2.14. The van der Waals surface area contributed by atoms with Crippen molar-refractivity contribution in [2.45, 2.75) is 19.4 Å². The fourth-order valence-electron chi connectivity index (χ4n) is 1.97. The topological polar surface area (TPSA) is 45.3 Å². The Balaban J connectivity index is 2.15. The number of hydrogen-bond donors (Lipinski definition) is 1. The summed E-state index contributed by atoms with van der Waals surface area (Å²) in [4.78, 5) is 16.2. The lowest BCUT2D eigenvalue weighted by atomic mass is 10.2. The lowest BCUT2D eigenvalue weighted by Crippen LogP contribution is -2.20. The van der Waals surface area contributed by atoms with E-state index < -0.39 is 0 Å². The zero-order chi connectivity index (χ0) is 10.7. The van der Waals surface area contributed by atoms with Crippen LogP contribution in [0.2, 0.25) is 0 Å². The lowest BCUT2D eigenvalue weighted by Gasteiger charge is -2.16. The van der Waals surface area contributed by atoms with Crippen LogP contribution >= 0.6 is 0 Å². The van der Waals surface area contributed by atoms with Crippen LogP contribution < -0.4 is 10.3 Å². The number of likely N-dealkylation sites (tertiary alicyclic amines) is 1. The Bertz CT molecular complexity index is 380. The monoisotopic (exact) mass is 208 g/mol. The third-order valence-corrected chi connectivity index (χ3v) is 2.76. The number of methoxy groups -OCH3 is 1. The molecule has 1 aromatic rings. The summed E-state index contributed by atoms with van der Waals surface area (Å²) in [5, 5.41) is 0. The van der Waals surface area contributed by atoms with Crippen molar-refractivity contribution >= 4 is 0 Å². The van der Waals surface area contributed by atoms with Crippen molar-refractivity contribution in [2.75, 3.05) is 20.2 Å². The summed E-state index contributed by atoms with van der Waals surface area (Å²) in [6.07, 6.45) is 2.54. The molecule has 0 saturated carbocycles. The van der Waals surface area contributed by atoms with E-state index in [4.69, 9.17) is 4.74 Å². The maximum Gasteiger partial charge on any atom is 0.250 e. The molecule has 0 spiro atoms. The predicted molar refractivity (Wildman–Crippen MR) is 58.1 cm³/mol. The van der Waals surface area contributed by atoms with E-state index in [2.05, 4.69) is 9.88 Å². The normalized spacial score (nSPS) is 16.9. The molecule has 2 heterocycles. The van der Waals surface area contributed by atoms with Crippen molar-refractivity contribution < 1.29 is 4.74 Å². The van der Waals surface area contributed by atoms with Gasteiger partial charge in [0.15, 0.2) is 5.88 Å². The van der Waals surface area contributed by atoms with Crippen molar-refractivity contribution in [3.8, 4) is 5.88 Å². The van der Waals surface area contributed by atoms with E-state index in [9.17, 15) is 4.79 Å². The Morgan fingerprint density at radius 2 is 2.13 bits per heavy atom. The van der Waals surface area contributed by atoms with Crippen LogP contribution in [0.4, 0.5) is 0 Å². The molecule has 0 amide bonds. The van der Waals surface area contributed by atoms with Crippen molar-refractivity contribution in [2.24, 2.45) is 0 Å². The van der Waals surface area contributed by atoms with E-state index in [0.717, 1.165) is 25.2 Å². The fourth-order valence-corrected chi connectivity index (χ4v) is 1.97. The number of nitrogens with zero attached hydrogens (tertiary/aromatic N) is 1. The van der Waals surface area contributed by atoms with Gasteiger partial charge >= 0.3 is 0 Å². The molecule has 0 aliphatic carbocycles. The summed E-state index contributed by atoms with van der Waals surface area (Å²) >= 11 is 0. The van der Waals surface area contributed by atoms with E-state index in [-0.39, 0.29) is 5.56 Å². The van der Waals surface area contributed by atoms with Gasteiger partial charge in [0.05, 0.1) is 7.11 Å². The van der Waals surface area contributed by atoms with Gasteiger partial charge in [-0.1, -0.05) is 0 Å². The average molecular weight is 208 g/mol. The van der Waals surface area contributed by atoms with E-state index in [1.165, 1.54) is 12.8 Å². The molecule has 82 valence electrons. The quantitative estimate of drug-likeness (QED) is 0.805. The van der Waals surface area contributed by atoms with Gasteiger partial charge in [0, 0.05) is 18.2 Å². The molecule has 4 nitrogen and oxygen atoms in total. The molecule has 0 unspecified atom stereocenters. The molecule has 0 atom stereocenters. The number of hydrogen-bond acceptors (Lipinski definition) is 3. The third kappa shape index (κ3) is 2.39. The van der Waals surface area contributed by atoms with Gasteiger partial charge in [-0.2, -0.15) is 0 Å². The van der Waals surface area contributed by atoms with E-state index in [1.807, 2.05) is 6.07 Å². The summed E-state index contributed by atoms with van der Waals surface area (Å²) in [7, 11) is 1.58. The summed E-state index contributed by atoms with van der Waals surface area (Å²) in [5.41, 5.74) is 0.941. The number of aromatic nitrogens is 1. The molecule has 0 radical (unpaired) electrons.